The van der Waals surface area contributed by atoms with Crippen LogP contribution in [0.2, 0.25) is 0 Å². The van der Waals surface area contributed by atoms with Crippen LogP contribution in [0.1, 0.15) is 44.2 Å². The van der Waals surface area contributed by atoms with Crippen molar-refractivity contribution < 1.29 is 13.2 Å². The first-order valence-electron chi connectivity index (χ1n) is 5.49. The van der Waals surface area contributed by atoms with Crippen LogP contribution in [0.3, 0.4) is 0 Å². The maximum atomic E-state index is 12.4. The van der Waals surface area contributed by atoms with Gasteiger partial charge in [-0.15, -0.1) is 0 Å². The van der Waals surface area contributed by atoms with E-state index in [-0.39, 0.29) is 12.3 Å². The number of benzene rings is 1. The van der Waals surface area contributed by atoms with Crippen molar-refractivity contribution in [1.29, 1.82) is 5.26 Å². The minimum atomic E-state index is -4.32. The van der Waals surface area contributed by atoms with Crippen LogP contribution < -0.4 is 0 Å². The predicted octanol–water partition coefficient (Wildman–Crippen LogP) is 4.75. The van der Waals surface area contributed by atoms with Crippen molar-refractivity contribution in [1.82, 2.24) is 0 Å². The molecule has 0 amide bonds. The Kier molecular flexibility index (Phi) is 6.34. The van der Waals surface area contributed by atoms with Crippen molar-refractivity contribution in [3.05, 3.63) is 35.4 Å². The van der Waals surface area contributed by atoms with E-state index in [2.05, 4.69) is 0 Å². The van der Waals surface area contributed by atoms with Gasteiger partial charge < -0.3 is 0 Å². The monoisotopic (exact) mass is 243 g/mol. The van der Waals surface area contributed by atoms with Crippen LogP contribution in [0.25, 0.3) is 0 Å². The molecule has 0 N–H and O–H groups in total. The second-order valence-electron chi connectivity index (χ2n) is 3.39. The minimum absolute atomic E-state index is 0.169. The third kappa shape index (κ3) is 4.90. The lowest BCUT2D eigenvalue weighted by Gasteiger charge is -2.11. The maximum absolute atomic E-state index is 12.4. The third-order valence-electron chi connectivity index (χ3n) is 2.18. The molecular formula is C13H16F3N. The molecule has 0 saturated heterocycles. The summed E-state index contributed by atoms with van der Waals surface area (Å²) in [6.07, 6.45) is -4.09. The van der Waals surface area contributed by atoms with E-state index < -0.39 is 11.7 Å². The highest BCUT2D eigenvalue weighted by Crippen LogP contribution is 2.31. The van der Waals surface area contributed by atoms with E-state index in [0.29, 0.717) is 5.56 Å². The lowest BCUT2D eigenvalue weighted by Crippen LogP contribution is -2.06. The predicted molar refractivity (Wildman–Crippen MR) is 61.4 cm³/mol. The summed E-state index contributed by atoms with van der Waals surface area (Å²) in [5.41, 5.74) is -0.115. The van der Waals surface area contributed by atoms with Gasteiger partial charge in [0.25, 0.3) is 0 Å². The fourth-order valence-electron chi connectivity index (χ4n) is 1.28. The molecule has 94 valence electrons. The maximum Gasteiger partial charge on any atom is 0.416 e. The molecule has 1 unspecified atom stereocenters. The summed E-state index contributed by atoms with van der Waals surface area (Å²) in [6, 6.07) is 7.05. The molecule has 0 aromatic heterocycles. The van der Waals surface area contributed by atoms with Gasteiger partial charge in [0.15, 0.2) is 0 Å². The van der Waals surface area contributed by atoms with Gasteiger partial charge in [-0.25, -0.2) is 0 Å². The SMILES string of the molecule is CC.CC(CC#N)c1cccc(C(F)(F)F)c1. The van der Waals surface area contributed by atoms with Crippen LogP contribution in [-0.4, -0.2) is 0 Å². The quantitative estimate of drug-likeness (QED) is 0.735. The van der Waals surface area contributed by atoms with Crippen molar-refractivity contribution in [3.8, 4) is 6.07 Å². The zero-order chi connectivity index (χ0) is 13.5. The molecule has 0 aliphatic heterocycles. The molecule has 0 heterocycles. The summed E-state index contributed by atoms with van der Waals surface area (Å²) in [7, 11) is 0. The third-order valence-corrected chi connectivity index (χ3v) is 2.18. The van der Waals surface area contributed by atoms with Gasteiger partial charge in [0.1, 0.15) is 0 Å². The fourth-order valence-corrected chi connectivity index (χ4v) is 1.28. The van der Waals surface area contributed by atoms with Gasteiger partial charge in [-0.1, -0.05) is 39.0 Å². The van der Waals surface area contributed by atoms with Crippen LogP contribution in [0.15, 0.2) is 24.3 Å². The van der Waals surface area contributed by atoms with Crippen molar-refractivity contribution in [2.45, 2.75) is 39.3 Å². The summed E-state index contributed by atoms with van der Waals surface area (Å²) in [6.45, 7) is 5.73. The lowest BCUT2D eigenvalue weighted by molar-refractivity contribution is -0.137. The molecule has 0 radical (unpaired) electrons. The highest BCUT2D eigenvalue weighted by molar-refractivity contribution is 5.28. The smallest absolute Gasteiger partial charge is 0.198 e. The molecule has 0 spiro atoms. The highest BCUT2D eigenvalue weighted by atomic mass is 19.4. The number of hydrogen-bond donors (Lipinski definition) is 0. The van der Waals surface area contributed by atoms with Crippen LogP contribution in [-0.2, 0) is 6.18 Å². The van der Waals surface area contributed by atoms with Crippen LogP contribution in [0, 0.1) is 11.3 Å². The van der Waals surface area contributed by atoms with E-state index in [1.54, 1.807) is 13.0 Å². The van der Waals surface area contributed by atoms with E-state index in [4.69, 9.17) is 5.26 Å². The Morgan fingerprint density at radius 3 is 2.35 bits per heavy atom. The summed E-state index contributed by atoms with van der Waals surface area (Å²) < 4.78 is 37.1. The molecule has 4 heteroatoms. The molecule has 17 heavy (non-hydrogen) atoms. The van der Waals surface area contributed by atoms with Gasteiger partial charge in [0.2, 0.25) is 0 Å². The Hall–Kier alpha value is -1.50. The second kappa shape index (κ2) is 6.95. The Morgan fingerprint density at radius 2 is 1.88 bits per heavy atom. The topological polar surface area (TPSA) is 23.8 Å². The lowest BCUT2D eigenvalue weighted by atomic mass is 9.97. The molecule has 1 nitrogen and oxygen atoms in total. The van der Waals surface area contributed by atoms with E-state index in [1.165, 1.54) is 6.07 Å². The number of alkyl halides is 3. The Balaban J connectivity index is 0.00000121. The number of nitriles is 1. The molecule has 0 aliphatic carbocycles. The Morgan fingerprint density at radius 1 is 1.29 bits per heavy atom. The van der Waals surface area contributed by atoms with Crippen LogP contribution >= 0.6 is 0 Å². The first-order chi connectivity index (χ1) is 7.95. The molecule has 0 fully saturated rings. The van der Waals surface area contributed by atoms with Crippen LogP contribution in [0.4, 0.5) is 13.2 Å². The summed E-state index contributed by atoms with van der Waals surface area (Å²) in [4.78, 5) is 0. The normalized spacial score (nSPS) is 12.1. The largest absolute Gasteiger partial charge is 0.416 e. The Bertz CT molecular complexity index is 377. The minimum Gasteiger partial charge on any atom is -0.198 e. The zero-order valence-corrected chi connectivity index (χ0v) is 10.2. The van der Waals surface area contributed by atoms with E-state index in [0.717, 1.165) is 12.1 Å². The number of rotatable bonds is 2. The first kappa shape index (κ1) is 15.5. The molecule has 1 rings (SSSR count). The summed E-state index contributed by atoms with van der Waals surface area (Å²) in [5, 5.41) is 8.45. The van der Waals surface area contributed by atoms with Gasteiger partial charge in [-0.2, -0.15) is 18.4 Å². The summed E-state index contributed by atoms with van der Waals surface area (Å²) in [5.74, 6) is -0.169. The van der Waals surface area contributed by atoms with E-state index >= 15 is 0 Å². The summed E-state index contributed by atoms with van der Waals surface area (Å²) >= 11 is 0. The number of halogens is 3. The van der Waals surface area contributed by atoms with Gasteiger partial charge in [0.05, 0.1) is 11.6 Å². The molecular weight excluding hydrogens is 227 g/mol. The van der Waals surface area contributed by atoms with Gasteiger partial charge >= 0.3 is 6.18 Å². The van der Waals surface area contributed by atoms with E-state index in [9.17, 15) is 13.2 Å². The number of nitrogens with zero attached hydrogens (tertiary/aromatic N) is 1. The van der Waals surface area contributed by atoms with Gasteiger partial charge in [-0.3, -0.25) is 0 Å². The molecule has 0 saturated carbocycles. The second-order valence-corrected chi connectivity index (χ2v) is 3.39. The van der Waals surface area contributed by atoms with Crippen molar-refractivity contribution >= 4 is 0 Å². The molecule has 0 aliphatic rings. The van der Waals surface area contributed by atoms with Crippen molar-refractivity contribution in [2.75, 3.05) is 0 Å². The van der Waals surface area contributed by atoms with Crippen molar-refractivity contribution in [2.24, 2.45) is 0 Å². The highest BCUT2D eigenvalue weighted by Gasteiger charge is 2.30. The average Bonchev–Trinajstić information content (AvgIpc) is 2.31. The Labute approximate surface area is 99.9 Å². The van der Waals surface area contributed by atoms with Gasteiger partial charge in [0, 0.05) is 6.42 Å². The van der Waals surface area contributed by atoms with E-state index in [1.807, 2.05) is 19.9 Å². The average molecular weight is 243 g/mol. The number of hydrogen-bond acceptors (Lipinski definition) is 1. The molecule has 1 aromatic rings. The molecule has 0 bridgehead atoms. The standard InChI is InChI=1S/C11H10F3N.C2H6/c1-8(5-6-15)9-3-2-4-10(7-9)11(12,13)14;1-2/h2-4,7-8H,5H2,1H3;1-2H3. The first-order valence-corrected chi connectivity index (χ1v) is 5.49. The zero-order valence-electron chi connectivity index (χ0n) is 10.2. The van der Waals surface area contributed by atoms with Gasteiger partial charge in [-0.05, 0) is 17.5 Å². The molecule has 1 atom stereocenters. The van der Waals surface area contributed by atoms with Crippen LogP contribution in [0.5, 0.6) is 0 Å². The van der Waals surface area contributed by atoms with Crippen molar-refractivity contribution in [3.63, 3.8) is 0 Å². The fraction of sp³-hybridized carbons (Fsp3) is 0.462. The molecule has 1 aromatic carbocycles.